The molecule has 0 aromatic heterocycles. The topological polar surface area (TPSA) is 109 Å². The molecular formula is C24H20Cl2N4O4. The number of para-hydroxylation sites is 1. The predicted octanol–water partition coefficient (Wildman–Crippen LogP) is 4.41. The van der Waals surface area contributed by atoms with Crippen LogP contribution < -0.4 is 20.8 Å². The average Bonchev–Trinajstić information content (AvgIpc) is 2.82. The number of anilines is 2. The van der Waals surface area contributed by atoms with Gasteiger partial charge in [-0.15, -0.1) is 0 Å². The van der Waals surface area contributed by atoms with Gasteiger partial charge in [-0.3, -0.25) is 14.4 Å². The van der Waals surface area contributed by atoms with E-state index in [1.165, 1.54) is 12.3 Å². The van der Waals surface area contributed by atoms with Crippen LogP contribution in [-0.4, -0.2) is 30.5 Å². The number of carbonyl (C=O) groups excluding carboxylic acids is 3. The standard InChI is InChI=1S/C24H20Cl2N4O4/c1-15-5-2-3-8-21(15)29-23(32)24(33)30-27-13-16-6-4-7-18(11-16)34-14-22(31)28-17-9-10-19(25)20(26)12-17/h2-13H,14H2,1H3,(H,28,31)(H,29,32)(H,30,33)/b27-13-. The molecule has 0 spiro atoms. The second-order valence-corrected chi connectivity index (χ2v) is 7.82. The fourth-order valence-electron chi connectivity index (χ4n) is 2.71. The Balaban J connectivity index is 1.49. The molecule has 0 fully saturated rings. The lowest BCUT2D eigenvalue weighted by atomic mass is 10.2. The maximum Gasteiger partial charge on any atom is 0.329 e. The maximum atomic E-state index is 12.1. The summed E-state index contributed by atoms with van der Waals surface area (Å²) in [5, 5.41) is 9.68. The van der Waals surface area contributed by atoms with Gasteiger partial charge in [-0.25, -0.2) is 5.43 Å². The minimum atomic E-state index is -0.911. The number of hydrogen-bond donors (Lipinski definition) is 3. The van der Waals surface area contributed by atoms with Crippen molar-refractivity contribution in [2.45, 2.75) is 6.92 Å². The van der Waals surface area contributed by atoms with Gasteiger partial charge in [0.1, 0.15) is 5.75 Å². The van der Waals surface area contributed by atoms with E-state index in [1.807, 2.05) is 19.1 Å². The molecule has 3 rings (SSSR count). The highest BCUT2D eigenvalue weighted by Gasteiger charge is 2.13. The van der Waals surface area contributed by atoms with Crippen LogP contribution in [0.5, 0.6) is 5.75 Å². The van der Waals surface area contributed by atoms with Gasteiger partial charge in [0.15, 0.2) is 6.61 Å². The highest BCUT2D eigenvalue weighted by Crippen LogP contribution is 2.25. The molecule has 3 amide bonds. The molecule has 0 bridgehead atoms. The number of nitrogens with zero attached hydrogens (tertiary/aromatic N) is 1. The van der Waals surface area contributed by atoms with Crippen LogP contribution in [0, 0.1) is 6.92 Å². The van der Waals surface area contributed by atoms with Crippen molar-refractivity contribution < 1.29 is 19.1 Å². The Morgan fingerprint density at radius 3 is 2.47 bits per heavy atom. The van der Waals surface area contributed by atoms with Crippen molar-refractivity contribution in [2.24, 2.45) is 5.10 Å². The van der Waals surface area contributed by atoms with Crippen molar-refractivity contribution in [3.05, 3.63) is 87.9 Å². The summed E-state index contributed by atoms with van der Waals surface area (Å²) in [6, 6.07) is 18.5. The molecule has 10 heteroatoms. The highest BCUT2D eigenvalue weighted by molar-refractivity contribution is 6.42. The first-order valence-electron chi connectivity index (χ1n) is 9.99. The molecule has 0 atom stereocenters. The van der Waals surface area contributed by atoms with Gasteiger partial charge in [0.05, 0.1) is 16.3 Å². The zero-order chi connectivity index (χ0) is 24.5. The molecule has 0 saturated heterocycles. The molecule has 0 radical (unpaired) electrons. The molecule has 3 N–H and O–H groups in total. The Hall–Kier alpha value is -3.88. The number of benzene rings is 3. The number of rotatable bonds is 7. The molecule has 8 nitrogen and oxygen atoms in total. The Morgan fingerprint density at radius 1 is 0.912 bits per heavy atom. The molecule has 174 valence electrons. The van der Waals surface area contributed by atoms with E-state index in [4.69, 9.17) is 27.9 Å². The average molecular weight is 499 g/mol. The molecule has 3 aromatic rings. The quantitative estimate of drug-likeness (QED) is 0.254. The molecule has 0 aliphatic carbocycles. The Bertz CT molecular complexity index is 1250. The molecule has 0 heterocycles. The van der Waals surface area contributed by atoms with E-state index in [9.17, 15) is 14.4 Å². The SMILES string of the molecule is Cc1ccccc1NC(=O)C(=O)N/N=C\c1cccc(OCC(=O)Nc2ccc(Cl)c(Cl)c2)c1. The number of amides is 3. The first kappa shape index (κ1) is 24.8. The van der Waals surface area contributed by atoms with Crippen molar-refractivity contribution in [2.75, 3.05) is 17.2 Å². The van der Waals surface area contributed by atoms with E-state index in [-0.39, 0.29) is 12.5 Å². The van der Waals surface area contributed by atoms with E-state index < -0.39 is 11.8 Å². The van der Waals surface area contributed by atoms with Crippen molar-refractivity contribution in [3.8, 4) is 5.75 Å². The number of hydrazone groups is 1. The minimum absolute atomic E-state index is 0.239. The smallest absolute Gasteiger partial charge is 0.329 e. The zero-order valence-corrected chi connectivity index (χ0v) is 19.5. The Labute approximate surface area is 205 Å². The van der Waals surface area contributed by atoms with Gasteiger partial charge >= 0.3 is 11.8 Å². The van der Waals surface area contributed by atoms with Crippen molar-refractivity contribution in [3.63, 3.8) is 0 Å². The molecule has 0 unspecified atom stereocenters. The first-order valence-corrected chi connectivity index (χ1v) is 10.7. The number of nitrogens with one attached hydrogen (secondary N) is 3. The van der Waals surface area contributed by atoms with Crippen LogP contribution in [0.3, 0.4) is 0 Å². The highest BCUT2D eigenvalue weighted by atomic mass is 35.5. The lowest BCUT2D eigenvalue weighted by Gasteiger charge is -2.09. The van der Waals surface area contributed by atoms with Crippen LogP contribution >= 0.6 is 23.2 Å². The molecular weight excluding hydrogens is 479 g/mol. The molecule has 0 aliphatic rings. The monoisotopic (exact) mass is 498 g/mol. The second-order valence-electron chi connectivity index (χ2n) is 7.01. The summed E-state index contributed by atoms with van der Waals surface area (Å²) in [5.41, 5.74) is 4.62. The zero-order valence-electron chi connectivity index (χ0n) is 18.0. The van der Waals surface area contributed by atoms with Crippen LogP contribution in [-0.2, 0) is 14.4 Å². The van der Waals surface area contributed by atoms with Crippen LogP contribution in [0.1, 0.15) is 11.1 Å². The van der Waals surface area contributed by atoms with Crippen LogP contribution in [0.25, 0.3) is 0 Å². The largest absolute Gasteiger partial charge is 0.484 e. The van der Waals surface area contributed by atoms with E-state index in [0.717, 1.165) is 5.56 Å². The summed E-state index contributed by atoms with van der Waals surface area (Å²) >= 11 is 11.8. The molecule has 0 aliphatic heterocycles. The van der Waals surface area contributed by atoms with E-state index in [0.29, 0.717) is 32.7 Å². The summed E-state index contributed by atoms with van der Waals surface area (Å²) in [6.45, 7) is 1.58. The lowest BCUT2D eigenvalue weighted by molar-refractivity contribution is -0.136. The summed E-state index contributed by atoms with van der Waals surface area (Å²) in [5.74, 6) is -1.72. The van der Waals surface area contributed by atoms with Gasteiger partial charge in [-0.2, -0.15) is 5.10 Å². The molecule has 34 heavy (non-hydrogen) atoms. The predicted molar refractivity (Wildman–Crippen MR) is 133 cm³/mol. The molecule has 0 saturated carbocycles. The lowest BCUT2D eigenvalue weighted by Crippen LogP contribution is -2.32. The summed E-state index contributed by atoms with van der Waals surface area (Å²) in [7, 11) is 0. The molecule has 3 aromatic carbocycles. The van der Waals surface area contributed by atoms with Gasteiger partial charge in [0.2, 0.25) is 0 Å². The van der Waals surface area contributed by atoms with Gasteiger partial charge in [-0.05, 0) is 54.4 Å². The summed E-state index contributed by atoms with van der Waals surface area (Å²) < 4.78 is 5.49. The van der Waals surface area contributed by atoms with E-state index in [2.05, 4.69) is 21.2 Å². The van der Waals surface area contributed by atoms with Crippen molar-refractivity contribution >= 4 is 58.5 Å². The fraction of sp³-hybridized carbons (Fsp3) is 0.0833. The number of carbonyl (C=O) groups is 3. The van der Waals surface area contributed by atoms with E-state index >= 15 is 0 Å². The minimum Gasteiger partial charge on any atom is -0.484 e. The van der Waals surface area contributed by atoms with Gasteiger partial charge in [0.25, 0.3) is 5.91 Å². The number of hydrogen-bond acceptors (Lipinski definition) is 5. The Morgan fingerprint density at radius 2 is 1.71 bits per heavy atom. The number of ether oxygens (including phenoxy) is 1. The normalized spacial score (nSPS) is 10.6. The van der Waals surface area contributed by atoms with Crippen LogP contribution in [0.2, 0.25) is 10.0 Å². The van der Waals surface area contributed by atoms with Crippen LogP contribution in [0.4, 0.5) is 11.4 Å². The Kier molecular flexibility index (Phi) is 8.61. The number of aryl methyl sites for hydroxylation is 1. The van der Waals surface area contributed by atoms with Gasteiger partial charge in [0, 0.05) is 11.4 Å². The van der Waals surface area contributed by atoms with E-state index in [1.54, 1.807) is 48.5 Å². The maximum absolute atomic E-state index is 12.1. The van der Waals surface area contributed by atoms with Gasteiger partial charge < -0.3 is 15.4 Å². The second kappa shape index (κ2) is 11.8. The van der Waals surface area contributed by atoms with Crippen molar-refractivity contribution in [1.82, 2.24) is 5.43 Å². The third kappa shape index (κ3) is 7.33. The third-order valence-corrected chi connectivity index (χ3v) is 5.15. The summed E-state index contributed by atoms with van der Waals surface area (Å²) in [4.78, 5) is 36.1. The fourth-order valence-corrected chi connectivity index (χ4v) is 3.01. The first-order chi connectivity index (χ1) is 16.3. The summed E-state index contributed by atoms with van der Waals surface area (Å²) in [6.07, 6.45) is 1.35. The third-order valence-electron chi connectivity index (χ3n) is 4.41. The van der Waals surface area contributed by atoms with Gasteiger partial charge in [-0.1, -0.05) is 53.5 Å². The van der Waals surface area contributed by atoms with Crippen LogP contribution in [0.15, 0.2) is 71.8 Å². The van der Waals surface area contributed by atoms with Crippen molar-refractivity contribution in [1.29, 1.82) is 0 Å². The number of halogens is 2.